The molecule has 4 N–H and O–H groups in total. The van der Waals surface area contributed by atoms with Crippen LogP contribution < -0.4 is 10.6 Å². The Balaban J connectivity index is 1.14. The molecule has 0 aliphatic rings. The van der Waals surface area contributed by atoms with Crippen LogP contribution in [0.5, 0.6) is 0 Å². The van der Waals surface area contributed by atoms with Crippen molar-refractivity contribution < 1.29 is 5.11 Å². The maximum absolute atomic E-state index is 9.68. The zero-order valence-corrected chi connectivity index (χ0v) is 24.7. The van der Waals surface area contributed by atoms with E-state index < -0.39 is 0 Å². The lowest BCUT2D eigenvalue weighted by atomic mass is 10.1. The lowest BCUT2D eigenvalue weighted by Crippen LogP contribution is -2.39. The van der Waals surface area contributed by atoms with E-state index in [1.165, 1.54) is 11.1 Å². The van der Waals surface area contributed by atoms with Crippen molar-refractivity contribution in [1.82, 2.24) is 40.4 Å². The van der Waals surface area contributed by atoms with Crippen molar-refractivity contribution in [3.63, 3.8) is 0 Å². The number of imidazole rings is 1. The SMILES string of the molecule is OCCN(CCN(CCNCc1ccccn1)Cc1ccc(CNCc2nc3ccccc3[nH]2)cc1)Cc1ccccn1. The molecule has 43 heavy (non-hydrogen) atoms. The van der Waals surface area contributed by atoms with E-state index >= 15 is 0 Å². The van der Waals surface area contributed by atoms with E-state index in [4.69, 9.17) is 0 Å². The summed E-state index contributed by atoms with van der Waals surface area (Å²) in [5.41, 5.74) is 6.65. The van der Waals surface area contributed by atoms with Gasteiger partial charge < -0.3 is 20.7 Å². The topological polar surface area (TPSA) is 105 Å². The molecule has 2 aromatic carbocycles. The van der Waals surface area contributed by atoms with Gasteiger partial charge in [0.05, 0.1) is 35.6 Å². The number of fused-ring (bicyclic) bond motifs is 1. The highest BCUT2D eigenvalue weighted by molar-refractivity contribution is 5.74. The van der Waals surface area contributed by atoms with Crippen LogP contribution in [0.2, 0.25) is 0 Å². The predicted octanol–water partition coefficient (Wildman–Crippen LogP) is 3.73. The molecule has 0 atom stereocenters. The molecule has 0 amide bonds. The van der Waals surface area contributed by atoms with Gasteiger partial charge in [0.25, 0.3) is 0 Å². The van der Waals surface area contributed by atoms with Gasteiger partial charge in [0, 0.05) is 71.3 Å². The highest BCUT2D eigenvalue weighted by atomic mass is 16.3. The summed E-state index contributed by atoms with van der Waals surface area (Å²) in [7, 11) is 0. The molecule has 0 fully saturated rings. The van der Waals surface area contributed by atoms with Gasteiger partial charge in [-0.2, -0.15) is 0 Å². The molecule has 0 saturated carbocycles. The van der Waals surface area contributed by atoms with Gasteiger partial charge >= 0.3 is 0 Å². The van der Waals surface area contributed by atoms with Crippen LogP contribution in [-0.4, -0.2) is 74.2 Å². The van der Waals surface area contributed by atoms with E-state index in [2.05, 4.69) is 70.7 Å². The Morgan fingerprint density at radius 2 is 1.33 bits per heavy atom. The number of pyridine rings is 2. The smallest absolute Gasteiger partial charge is 0.121 e. The van der Waals surface area contributed by atoms with E-state index in [0.29, 0.717) is 13.1 Å². The number of rotatable bonds is 18. The number of aromatic nitrogens is 4. The minimum Gasteiger partial charge on any atom is -0.395 e. The first-order chi connectivity index (χ1) is 21.2. The number of H-pyrrole nitrogens is 1. The Kier molecular flexibility index (Phi) is 11.8. The van der Waals surface area contributed by atoms with Gasteiger partial charge in [-0.25, -0.2) is 4.98 Å². The first-order valence-electron chi connectivity index (χ1n) is 15.0. The number of hydrogen-bond donors (Lipinski definition) is 4. The van der Waals surface area contributed by atoms with E-state index in [-0.39, 0.29) is 6.61 Å². The number of nitrogens with one attached hydrogen (secondary N) is 3. The monoisotopic (exact) mass is 578 g/mol. The summed E-state index contributed by atoms with van der Waals surface area (Å²) in [6.45, 7) is 8.06. The van der Waals surface area contributed by atoms with Gasteiger partial charge in [0.2, 0.25) is 0 Å². The molecule has 3 aromatic heterocycles. The molecule has 0 unspecified atom stereocenters. The van der Waals surface area contributed by atoms with Crippen molar-refractivity contribution in [3.8, 4) is 0 Å². The Labute approximate surface area is 254 Å². The summed E-state index contributed by atoms with van der Waals surface area (Å²) in [5.74, 6) is 0.948. The van der Waals surface area contributed by atoms with Crippen molar-refractivity contribution in [2.75, 3.05) is 39.3 Å². The summed E-state index contributed by atoms with van der Waals surface area (Å²) in [5, 5.41) is 16.7. The lowest BCUT2D eigenvalue weighted by molar-refractivity contribution is 0.159. The molecule has 9 heteroatoms. The van der Waals surface area contributed by atoms with Crippen molar-refractivity contribution >= 4 is 11.0 Å². The van der Waals surface area contributed by atoms with Gasteiger partial charge in [-0.15, -0.1) is 0 Å². The number of benzene rings is 2. The normalized spacial score (nSPS) is 11.6. The molecule has 224 valence electrons. The number of hydrogen-bond acceptors (Lipinski definition) is 8. The fourth-order valence-corrected chi connectivity index (χ4v) is 5.08. The second-order valence-corrected chi connectivity index (χ2v) is 10.7. The molecule has 3 heterocycles. The van der Waals surface area contributed by atoms with Gasteiger partial charge in [-0.05, 0) is 47.5 Å². The average molecular weight is 579 g/mol. The van der Waals surface area contributed by atoms with E-state index in [0.717, 1.165) is 80.6 Å². The molecule has 9 nitrogen and oxygen atoms in total. The number of aromatic amines is 1. The standard InChI is InChI=1S/C34H42N8O/c43-22-21-42(27-31-8-4-6-16-38-31)20-19-41(18-17-35-24-30-7-3-5-15-37-30)26-29-13-11-28(12-14-29)23-36-25-34-39-32-9-1-2-10-33(32)40-34/h1-16,35-36,43H,17-27H2,(H,39,40). The number of aliphatic hydroxyl groups excluding tert-OH is 1. The van der Waals surface area contributed by atoms with E-state index in [1.807, 2.05) is 67.0 Å². The first kappa shape index (κ1) is 30.5. The number of para-hydroxylation sites is 2. The van der Waals surface area contributed by atoms with Crippen LogP contribution in [-0.2, 0) is 32.7 Å². The summed E-state index contributed by atoms with van der Waals surface area (Å²) in [4.78, 5) is 21.7. The number of aliphatic hydroxyl groups is 1. The van der Waals surface area contributed by atoms with Crippen LogP contribution in [0.1, 0.15) is 28.3 Å². The van der Waals surface area contributed by atoms with E-state index in [1.54, 1.807) is 0 Å². The molecular formula is C34H42N8O. The molecule has 0 aliphatic heterocycles. The maximum atomic E-state index is 9.68. The fraction of sp³-hybridized carbons (Fsp3) is 0.324. The highest BCUT2D eigenvalue weighted by Gasteiger charge is 2.12. The number of nitrogens with zero attached hydrogens (tertiary/aromatic N) is 5. The van der Waals surface area contributed by atoms with Crippen LogP contribution in [0.3, 0.4) is 0 Å². The van der Waals surface area contributed by atoms with Crippen LogP contribution >= 0.6 is 0 Å². The van der Waals surface area contributed by atoms with Gasteiger partial charge in [-0.3, -0.25) is 19.8 Å². The third-order valence-corrected chi connectivity index (χ3v) is 7.39. The molecule has 0 bridgehead atoms. The summed E-state index contributed by atoms with van der Waals surface area (Å²) >= 11 is 0. The molecule has 0 saturated heterocycles. The summed E-state index contributed by atoms with van der Waals surface area (Å²) in [6, 6.07) is 29.0. The minimum absolute atomic E-state index is 0.129. The Morgan fingerprint density at radius 1 is 0.628 bits per heavy atom. The lowest BCUT2D eigenvalue weighted by Gasteiger charge is -2.27. The second-order valence-electron chi connectivity index (χ2n) is 10.7. The van der Waals surface area contributed by atoms with Crippen molar-refractivity contribution in [2.24, 2.45) is 0 Å². The maximum Gasteiger partial charge on any atom is 0.121 e. The van der Waals surface area contributed by atoms with Gasteiger partial charge in [0.1, 0.15) is 5.82 Å². The Morgan fingerprint density at radius 3 is 2.05 bits per heavy atom. The third-order valence-electron chi connectivity index (χ3n) is 7.39. The van der Waals surface area contributed by atoms with Crippen molar-refractivity contribution in [2.45, 2.75) is 32.7 Å². The van der Waals surface area contributed by atoms with Crippen LogP contribution in [0.4, 0.5) is 0 Å². The zero-order chi connectivity index (χ0) is 29.5. The summed E-state index contributed by atoms with van der Waals surface area (Å²) < 4.78 is 0. The molecule has 0 spiro atoms. The van der Waals surface area contributed by atoms with E-state index in [9.17, 15) is 5.11 Å². The fourth-order valence-electron chi connectivity index (χ4n) is 5.08. The molecule has 5 rings (SSSR count). The largest absolute Gasteiger partial charge is 0.395 e. The van der Waals surface area contributed by atoms with Gasteiger partial charge in [0.15, 0.2) is 0 Å². The van der Waals surface area contributed by atoms with Crippen LogP contribution in [0.25, 0.3) is 11.0 Å². The predicted molar refractivity (Wildman–Crippen MR) is 171 cm³/mol. The van der Waals surface area contributed by atoms with Crippen LogP contribution in [0, 0.1) is 0 Å². The van der Waals surface area contributed by atoms with Crippen molar-refractivity contribution in [1.29, 1.82) is 0 Å². The van der Waals surface area contributed by atoms with Crippen molar-refractivity contribution in [3.05, 3.63) is 126 Å². The Hall–Kier alpha value is -3.99. The molecule has 0 radical (unpaired) electrons. The summed E-state index contributed by atoms with van der Waals surface area (Å²) in [6.07, 6.45) is 3.66. The zero-order valence-electron chi connectivity index (χ0n) is 24.7. The third kappa shape index (κ3) is 10.1. The molecule has 5 aromatic rings. The van der Waals surface area contributed by atoms with Gasteiger partial charge in [-0.1, -0.05) is 48.5 Å². The highest BCUT2D eigenvalue weighted by Crippen LogP contribution is 2.12. The second kappa shape index (κ2) is 16.6. The quantitative estimate of drug-likeness (QED) is 0.117. The average Bonchev–Trinajstić information content (AvgIpc) is 3.46. The molecule has 0 aliphatic carbocycles. The Bertz CT molecular complexity index is 1440. The first-order valence-corrected chi connectivity index (χ1v) is 15.0. The molecular weight excluding hydrogens is 536 g/mol. The minimum atomic E-state index is 0.129. The van der Waals surface area contributed by atoms with Crippen LogP contribution in [0.15, 0.2) is 97.3 Å².